The van der Waals surface area contributed by atoms with Crippen LogP contribution in [0.15, 0.2) is 39.6 Å². The molecule has 102 valence electrons. The van der Waals surface area contributed by atoms with E-state index in [0.29, 0.717) is 17.9 Å². The Morgan fingerprint density at radius 2 is 2.00 bits per heavy atom. The molecule has 1 heterocycles. The normalized spacial score (nSPS) is 11.5. The van der Waals surface area contributed by atoms with Crippen LogP contribution in [0.5, 0.6) is 0 Å². The number of hydrogen-bond donors (Lipinski definition) is 3. The van der Waals surface area contributed by atoms with Gasteiger partial charge in [0.15, 0.2) is 0 Å². The van der Waals surface area contributed by atoms with E-state index in [9.17, 15) is 8.42 Å². The number of nitrogen functional groups attached to an aromatic ring is 1. The average Bonchev–Trinajstić information content (AvgIpc) is 2.71. The van der Waals surface area contributed by atoms with E-state index in [1.165, 1.54) is 12.1 Å². The summed E-state index contributed by atoms with van der Waals surface area (Å²) in [4.78, 5) is -0.0226. The van der Waals surface area contributed by atoms with Gasteiger partial charge in [-0.25, -0.2) is 13.6 Å². The minimum absolute atomic E-state index is 0.0226. The monoisotopic (exact) mass is 281 g/mol. The van der Waals surface area contributed by atoms with Gasteiger partial charge in [-0.2, -0.15) is 0 Å². The molecule has 0 bridgehead atoms. The third kappa shape index (κ3) is 3.49. The van der Waals surface area contributed by atoms with Crippen molar-refractivity contribution < 1.29 is 12.8 Å². The lowest BCUT2D eigenvalue weighted by Gasteiger charge is -2.08. The molecule has 7 heteroatoms. The Hall–Kier alpha value is -1.99. The van der Waals surface area contributed by atoms with Crippen LogP contribution in [-0.4, -0.2) is 8.42 Å². The lowest BCUT2D eigenvalue weighted by Crippen LogP contribution is -2.13. The maximum atomic E-state index is 11.3. The number of aryl methyl sites for hydroxylation is 1. The standard InChI is InChI=1S/C12H15N3O3S/c1-8-2-3-11(18-8)7-15-10-4-9(13)5-12(6-10)19(14,16)17/h2-6,15H,7,13H2,1H3,(H2,14,16,17). The van der Waals surface area contributed by atoms with Gasteiger partial charge in [-0.1, -0.05) is 0 Å². The Kier molecular flexibility index (Phi) is 3.50. The number of hydrogen-bond acceptors (Lipinski definition) is 5. The first-order valence-electron chi connectivity index (χ1n) is 5.57. The Balaban J connectivity index is 2.19. The van der Waals surface area contributed by atoms with E-state index >= 15 is 0 Å². The van der Waals surface area contributed by atoms with Crippen molar-refractivity contribution in [3.8, 4) is 0 Å². The smallest absolute Gasteiger partial charge is 0.238 e. The second kappa shape index (κ2) is 4.94. The van der Waals surface area contributed by atoms with Crippen LogP contribution in [0.1, 0.15) is 11.5 Å². The molecule has 0 aliphatic carbocycles. The number of nitrogens with two attached hydrogens (primary N) is 2. The molecule has 0 atom stereocenters. The molecule has 0 spiro atoms. The molecule has 1 aromatic carbocycles. The molecular weight excluding hydrogens is 266 g/mol. The number of sulfonamides is 1. The van der Waals surface area contributed by atoms with Crippen molar-refractivity contribution in [2.45, 2.75) is 18.4 Å². The van der Waals surface area contributed by atoms with Crippen molar-refractivity contribution in [3.63, 3.8) is 0 Å². The SMILES string of the molecule is Cc1ccc(CNc2cc(N)cc(S(N)(=O)=O)c2)o1. The first kappa shape index (κ1) is 13.4. The number of primary sulfonamides is 1. The summed E-state index contributed by atoms with van der Waals surface area (Å²) in [6.45, 7) is 2.28. The van der Waals surface area contributed by atoms with Gasteiger partial charge >= 0.3 is 0 Å². The van der Waals surface area contributed by atoms with E-state index < -0.39 is 10.0 Å². The Bertz CT molecular complexity index is 692. The van der Waals surface area contributed by atoms with Gasteiger partial charge in [0.05, 0.1) is 11.4 Å². The van der Waals surface area contributed by atoms with E-state index in [0.717, 1.165) is 11.5 Å². The van der Waals surface area contributed by atoms with Crippen LogP contribution < -0.4 is 16.2 Å². The summed E-state index contributed by atoms with van der Waals surface area (Å²) < 4.78 is 28.0. The van der Waals surface area contributed by atoms with Crippen molar-refractivity contribution in [1.82, 2.24) is 0 Å². The molecule has 0 amide bonds. The maximum absolute atomic E-state index is 11.3. The largest absolute Gasteiger partial charge is 0.465 e. The van der Waals surface area contributed by atoms with Crippen molar-refractivity contribution in [2.24, 2.45) is 5.14 Å². The third-order valence-electron chi connectivity index (χ3n) is 2.52. The van der Waals surface area contributed by atoms with Crippen LogP contribution in [0, 0.1) is 6.92 Å². The summed E-state index contributed by atoms with van der Waals surface area (Å²) in [6, 6.07) is 8.07. The van der Waals surface area contributed by atoms with E-state index in [4.69, 9.17) is 15.3 Å². The topological polar surface area (TPSA) is 111 Å². The second-order valence-electron chi connectivity index (χ2n) is 4.20. The molecule has 2 rings (SSSR count). The number of furan rings is 1. The molecule has 0 unspecified atom stereocenters. The first-order valence-corrected chi connectivity index (χ1v) is 7.12. The average molecular weight is 281 g/mol. The molecule has 19 heavy (non-hydrogen) atoms. The first-order chi connectivity index (χ1) is 8.84. The predicted octanol–water partition coefficient (Wildman–Crippen LogP) is 1.43. The van der Waals surface area contributed by atoms with Crippen LogP contribution >= 0.6 is 0 Å². The quantitative estimate of drug-likeness (QED) is 0.734. The summed E-state index contributed by atoms with van der Waals surface area (Å²) in [6.07, 6.45) is 0. The molecule has 0 radical (unpaired) electrons. The summed E-state index contributed by atoms with van der Waals surface area (Å²) in [5.41, 5.74) is 6.54. The van der Waals surface area contributed by atoms with Crippen LogP contribution in [0.4, 0.5) is 11.4 Å². The maximum Gasteiger partial charge on any atom is 0.238 e. The van der Waals surface area contributed by atoms with Crippen LogP contribution in [0.3, 0.4) is 0 Å². The fourth-order valence-corrected chi connectivity index (χ4v) is 2.25. The van der Waals surface area contributed by atoms with Crippen molar-refractivity contribution in [2.75, 3.05) is 11.1 Å². The molecule has 0 saturated heterocycles. The Morgan fingerprint density at radius 3 is 2.58 bits per heavy atom. The van der Waals surface area contributed by atoms with E-state index in [1.54, 1.807) is 6.07 Å². The fraction of sp³-hybridized carbons (Fsp3) is 0.167. The number of anilines is 2. The van der Waals surface area contributed by atoms with Gasteiger partial charge in [0.1, 0.15) is 11.5 Å². The lowest BCUT2D eigenvalue weighted by atomic mass is 10.3. The van der Waals surface area contributed by atoms with Gasteiger partial charge in [-0.05, 0) is 37.3 Å². The zero-order valence-electron chi connectivity index (χ0n) is 10.4. The van der Waals surface area contributed by atoms with Crippen molar-refractivity contribution in [1.29, 1.82) is 0 Å². The summed E-state index contributed by atoms with van der Waals surface area (Å²) in [5.74, 6) is 1.56. The van der Waals surface area contributed by atoms with Gasteiger partial charge in [0.2, 0.25) is 10.0 Å². The Labute approximate surface area is 111 Å². The molecule has 0 aliphatic rings. The fourth-order valence-electron chi connectivity index (χ4n) is 1.66. The highest BCUT2D eigenvalue weighted by molar-refractivity contribution is 7.89. The molecule has 0 aliphatic heterocycles. The van der Waals surface area contributed by atoms with E-state index in [-0.39, 0.29) is 4.90 Å². The van der Waals surface area contributed by atoms with Crippen LogP contribution in [0.25, 0.3) is 0 Å². The van der Waals surface area contributed by atoms with Gasteiger partial charge in [-0.3, -0.25) is 0 Å². The zero-order chi connectivity index (χ0) is 14.0. The van der Waals surface area contributed by atoms with Gasteiger partial charge in [0.25, 0.3) is 0 Å². The highest BCUT2D eigenvalue weighted by atomic mass is 32.2. The summed E-state index contributed by atoms with van der Waals surface area (Å²) >= 11 is 0. The van der Waals surface area contributed by atoms with Gasteiger partial charge in [0, 0.05) is 11.4 Å². The van der Waals surface area contributed by atoms with Crippen molar-refractivity contribution in [3.05, 3.63) is 41.9 Å². The minimum Gasteiger partial charge on any atom is -0.465 e. The Morgan fingerprint density at radius 1 is 1.26 bits per heavy atom. The minimum atomic E-state index is -3.77. The molecule has 0 fully saturated rings. The zero-order valence-corrected chi connectivity index (χ0v) is 11.2. The summed E-state index contributed by atoms with van der Waals surface area (Å²) in [7, 11) is -3.77. The highest BCUT2D eigenvalue weighted by Crippen LogP contribution is 2.20. The predicted molar refractivity (Wildman–Crippen MR) is 73.0 cm³/mol. The molecule has 5 N–H and O–H groups in total. The van der Waals surface area contributed by atoms with Crippen molar-refractivity contribution >= 4 is 21.4 Å². The lowest BCUT2D eigenvalue weighted by molar-refractivity contribution is 0.490. The summed E-state index contributed by atoms with van der Waals surface area (Å²) in [5, 5.41) is 8.11. The molecular formula is C12H15N3O3S. The van der Waals surface area contributed by atoms with E-state index in [2.05, 4.69) is 5.32 Å². The molecule has 2 aromatic rings. The third-order valence-corrected chi connectivity index (χ3v) is 3.41. The number of nitrogens with one attached hydrogen (secondary N) is 1. The second-order valence-corrected chi connectivity index (χ2v) is 5.76. The van der Waals surface area contributed by atoms with Gasteiger partial charge < -0.3 is 15.5 Å². The van der Waals surface area contributed by atoms with E-state index in [1.807, 2.05) is 19.1 Å². The van der Waals surface area contributed by atoms with Gasteiger partial charge in [-0.15, -0.1) is 0 Å². The highest BCUT2D eigenvalue weighted by Gasteiger charge is 2.10. The number of benzene rings is 1. The number of rotatable bonds is 4. The molecule has 1 aromatic heterocycles. The molecule has 6 nitrogen and oxygen atoms in total. The van der Waals surface area contributed by atoms with Crippen LogP contribution in [0.2, 0.25) is 0 Å². The van der Waals surface area contributed by atoms with Crippen LogP contribution in [-0.2, 0) is 16.6 Å². The molecule has 0 saturated carbocycles.